The minimum Gasteiger partial charge on any atom is -0.494 e. The summed E-state index contributed by atoms with van der Waals surface area (Å²) in [6, 6.07) is 9.56. The van der Waals surface area contributed by atoms with Gasteiger partial charge in [0.1, 0.15) is 0 Å². The number of fused-ring (bicyclic) bond motifs is 1. The SMILES string of the molecule is COc1ccc(CN2CCN(C(=O)c3ccc4c(c3)C(=O)N(C)C4=O)CC2)cc1F. The van der Waals surface area contributed by atoms with Crippen LogP contribution in [0.2, 0.25) is 0 Å². The first kappa shape index (κ1) is 20.0. The highest BCUT2D eigenvalue weighted by molar-refractivity contribution is 6.21. The number of methoxy groups -OCH3 is 1. The fourth-order valence-electron chi connectivity index (χ4n) is 3.85. The van der Waals surface area contributed by atoms with Gasteiger partial charge in [0.25, 0.3) is 17.7 Å². The molecule has 3 amide bonds. The van der Waals surface area contributed by atoms with Gasteiger partial charge in [-0.05, 0) is 35.9 Å². The first-order chi connectivity index (χ1) is 14.4. The molecule has 0 aliphatic carbocycles. The summed E-state index contributed by atoms with van der Waals surface area (Å²) >= 11 is 0. The van der Waals surface area contributed by atoms with Crippen LogP contribution in [0.3, 0.4) is 0 Å². The number of piperazine rings is 1. The predicted octanol–water partition coefficient (Wildman–Crippen LogP) is 2.02. The van der Waals surface area contributed by atoms with E-state index >= 15 is 0 Å². The van der Waals surface area contributed by atoms with E-state index in [9.17, 15) is 18.8 Å². The number of benzene rings is 2. The first-order valence-electron chi connectivity index (χ1n) is 9.69. The molecule has 0 saturated carbocycles. The van der Waals surface area contributed by atoms with Gasteiger partial charge in [0, 0.05) is 45.3 Å². The molecule has 0 atom stereocenters. The second kappa shape index (κ2) is 7.87. The zero-order valence-corrected chi connectivity index (χ0v) is 16.9. The Morgan fingerprint density at radius 2 is 1.70 bits per heavy atom. The number of nitrogens with zero attached hydrogens (tertiary/aromatic N) is 3. The Labute approximate surface area is 173 Å². The summed E-state index contributed by atoms with van der Waals surface area (Å²) in [5, 5.41) is 0. The molecule has 1 fully saturated rings. The molecule has 156 valence electrons. The minimum atomic E-state index is -0.390. The Bertz CT molecular complexity index is 1030. The zero-order valence-electron chi connectivity index (χ0n) is 16.9. The molecule has 8 heteroatoms. The molecule has 2 aliphatic heterocycles. The molecule has 0 radical (unpaired) electrons. The van der Waals surface area contributed by atoms with Crippen molar-refractivity contribution in [2.75, 3.05) is 40.3 Å². The Balaban J connectivity index is 1.39. The van der Waals surface area contributed by atoms with Gasteiger partial charge in [0.2, 0.25) is 0 Å². The lowest BCUT2D eigenvalue weighted by molar-refractivity contribution is 0.0627. The molecule has 4 rings (SSSR count). The van der Waals surface area contributed by atoms with Gasteiger partial charge in [-0.15, -0.1) is 0 Å². The van der Waals surface area contributed by atoms with Crippen molar-refractivity contribution in [3.63, 3.8) is 0 Å². The Kier molecular flexibility index (Phi) is 5.26. The van der Waals surface area contributed by atoms with Crippen LogP contribution in [0.1, 0.15) is 36.6 Å². The van der Waals surface area contributed by atoms with Crippen molar-refractivity contribution in [2.24, 2.45) is 0 Å². The van der Waals surface area contributed by atoms with E-state index in [-0.39, 0.29) is 34.9 Å². The number of hydrogen-bond acceptors (Lipinski definition) is 5. The van der Waals surface area contributed by atoms with Crippen molar-refractivity contribution in [1.29, 1.82) is 0 Å². The molecule has 0 aromatic heterocycles. The molecular weight excluding hydrogens is 389 g/mol. The van der Waals surface area contributed by atoms with Crippen LogP contribution in [0.25, 0.3) is 0 Å². The summed E-state index contributed by atoms with van der Waals surface area (Å²) < 4.78 is 18.8. The number of hydrogen-bond donors (Lipinski definition) is 0. The van der Waals surface area contributed by atoms with Crippen LogP contribution >= 0.6 is 0 Å². The van der Waals surface area contributed by atoms with Crippen LogP contribution in [0.5, 0.6) is 5.75 Å². The average Bonchev–Trinajstić information content (AvgIpc) is 2.97. The third-order valence-corrected chi connectivity index (χ3v) is 5.62. The van der Waals surface area contributed by atoms with Crippen molar-refractivity contribution < 1.29 is 23.5 Å². The monoisotopic (exact) mass is 411 g/mol. The molecule has 2 heterocycles. The third-order valence-electron chi connectivity index (χ3n) is 5.62. The molecule has 0 bridgehead atoms. The molecule has 0 spiro atoms. The van der Waals surface area contributed by atoms with Gasteiger partial charge in [-0.25, -0.2) is 4.39 Å². The molecule has 0 unspecified atom stereocenters. The van der Waals surface area contributed by atoms with E-state index in [1.54, 1.807) is 23.1 Å². The van der Waals surface area contributed by atoms with Crippen LogP contribution in [-0.4, -0.2) is 72.8 Å². The lowest BCUT2D eigenvalue weighted by atomic mass is 10.0. The predicted molar refractivity (Wildman–Crippen MR) is 107 cm³/mol. The highest BCUT2D eigenvalue weighted by atomic mass is 19.1. The minimum absolute atomic E-state index is 0.164. The Morgan fingerprint density at radius 3 is 2.37 bits per heavy atom. The number of halogens is 1. The smallest absolute Gasteiger partial charge is 0.261 e. The maximum atomic E-state index is 13.9. The van der Waals surface area contributed by atoms with Crippen molar-refractivity contribution in [3.05, 3.63) is 64.5 Å². The van der Waals surface area contributed by atoms with Crippen LogP contribution < -0.4 is 4.74 Å². The fourth-order valence-corrected chi connectivity index (χ4v) is 3.85. The highest BCUT2D eigenvalue weighted by Crippen LogP contribution is 2.24. The van der Waals surface area contributed by atoms with Gasteiger partial charge in [-0.3, -0.25) is 24.2 Å². The van der Waals surface area contributed by atoms with E-state index < -0.39 is 0 Å². The summed E-state index contributed by atoms with van der Waals surface area (Å²) in [6.07, 6.45) is 0. The molecule has 1 saturated heterocycles. The summed E-state index contributed by atoms with van der Waals surface area (Å²) in [6.45, 7) is 2.96. The number of carbonyl (C=O) groups excluding carboxylic acids is 3. The molecule has 0 N–H and O–H groups in total. The summed E-state index contributed by atoms with van der Waals surface area (Å²) in [7, 11) is 2.86. The fraction of sp³-hybridized carbons (Fsp3) is 0.318. The van der Waals surface area contributed by atoms with Crippen LogP contribution in [0.4, 0.5) is 4.39 Å². The average molecular weight is 411 g/mol. The van der Waals surface area contributed by atoms with E-state index in [0.717, 1.165) is 10.5 Å². The van der Waals surface area contributed by atoms with E-state index in [1.807, 2.05) is 6.07 Å². The van der Waals surface area contributed by atoms with Gasteiger partial charge >= 0.3 is 0 Å². The van der Waals surface area contributed by atoms with Crippen molar-refractivity contribution in [3.8, 4) is 5.75 Å². The third kappa shape index (κ3) is 3.54. The van der Waals surface area contributed by atoms with E-state index in [2.05, 4.69) is 4.90 Å². The number of rotatable bonds is 4. The topological polar surface area (TPSA) is 70.2 Å². The molecule has 7 nitrogen and oxygen atoms in total. The lowest BCUT2D eigenvalue weighted by Gasteiger charge is -2.34. The zero-order chi connectivity index (χ0) is 21.4. The van der Waals surface area contributed by atoms with Gasteiger partial charge in [-0.1, -0.05) is 6.07 Å². The second-order valence-corrected chi connectivity index (χ2v) is 7.47. The molecule has 2 aromatic carbocycles. The maximum Gasteiger partial charge on any atom is 0.261 e. The van der Waals surface area contributed by atoms with E-state index in [0.29, 0.717) is 43.9 Å². The quantitative estimate of drug-likeness (QED) is 0.720. The summed E-state index contributed by atoms with van der Waals surface area (Å²) in [5.74, 6) is -1.07. The van der Waals surface area contributed by atoms with Gasteiger partial charge < -0.3 is 9.64 Å². The van der Waals surface area contributed by atoms with Gasteiger partial charge in [-0.2, -0.15) is 0 Å². The van der Waals surface area contributed by atoms with Crippen molar-refractivity contribution in [1.82, 2.24) is 14.7 Å². The molecular formula is C22H22FN3O4. The van der Waals surface area contributed by atoms with E-state index in [1.165, 1.54) is 26.3 Å². The standard InChI is InChI=1S/C22H22FN3O4/c1-24-21(28)16-5-4-15(12-17(16)22(24)29)20(27)26-9-7-25(8-10-26)13-14-3-6-19(30-2)18(23)11-14/h3-6,11-12H,7-10,13H2,1-2H3. The van der Waals surface area contributed by atoms with E-state index in [4.69, 9.17) is 4.74 Å². The second-order valence-electron chi connectivity index (χ2n) is 7.47. The highest BCUT2D eigenvalue weighted by Gasteiger charge is 2.34. The largest absolute Gasteiger partial charge is 0.494 e. The summed E-state index contributed by atoms with van der Waals surface area (Å²) in [4.78, 5) is 42.0. The van der Waals surface area contributed by atoms with Gasteiger partial charge in [0.15, 0.2) is 11.6 Å². The number of ether oxygens (including phenoxy) is 1. The number of amides is 3. The number of imide groups is 1. The van der Waals surface area contributed by atoms with Crippen LogP contribution in [0.15, 0.2) is 36.4 Å². The summed E-state index contributed by atoms with van der Waals surface area (Å²) in [5.41, 5.74) is 1.85. The maximum absolute atomic E-state index is 13.9. The van der Waals surface area contributed by atoms with Crippen molar-refractivity contribution in [2.45, 2.75) is 6.54 Å². The molecule has 30 heavy (non-hydrogen) atoms. The molecule has 2 aromatic rings. The van der Waals surface area contributed by atoms with Crippen LogP contribution in [-0.2, 0) is 6.54 Å². The van der Waals surface area contributed by atoms with Crippen molar-refractivity contribution >= 4 is 17.7 Å². The number of carbonyl (C=O) groups is 3. The lowest BCUT2D eigenvalue weighted by Crippen LogP contribution is -2.48. The molecule has 2 aliphatic rings. The Morgan fingerprint density at radius 1 is 1.00 bits per heavy atom. The normalized spacial score (nSPS) is 16.8. The first-order valence-corrected chi connectivity index (χ1v) is 9.69. The van der Waals surface area contributed by atoms with Gasteiger partial charge in [0.05, 0.1) is 18.2 Å². The van der Waals surface area contributed by atoms with Crippen LogP contribution in [0, 0.1) is 5.82 Å². The Hall–Kier alpha value is -3.26.